The van der Waals surface area contributed by atoms with E-state index in [2.05, 4.69) is 0 Å². The van der Waals surface area contributed by atoms with Gasteiger partial charge in [0, 0.05) is 39.4 Å². The van der Waals surface area contributed by atoms with Crippen molar-refractivity contribution in [2.45, 2.75) is 65.1 Å². The molecule has 0 atom stereocenters. The van der Waals surface area contributed by atoms with Gasteiger partial charge in [0.15, 0.2) is 0 Å². The molecule has 0 unspecified atom stereocenters. The van der Waals surface area contributed by atoms with Crippen molar-refractivity contribution in [3.63, 3.8) is 0 Å². The summed E-state index contributed by atoms with van der Waals surface area (Å²) in [4.78, 5) is 28.1. The highest BCUT2D eigenvalue weighted by atomic mass is 16.6. The number of hydrogen-bond donors (Lipinski definition) is 0. The number of benzene rings is 1. The third-order valence-electron chi connectivity index (χ3n) is 6.37. The van der Waals surface area contributed by atoms with Crippen molar-refractivity contribution in [1.29, 1.82) is 0 Å². The molecule has 0 bridgehead atoms. The van der Waals surface area contributed by atoms with Crippen molar-refractivity contribution in [2.24, 2.45) is 11.8 Å². The third kappa shape index (κ3) is 8.88. The summed E-state index contributed by atoms with van der Waals surface area (Å²) < 4.78 is 16.9. The predicted molar refractivity (Wildman–Crippen MR) is 127 cm³/mol. The molecule has 1 aromatic carbocycles. The van der Waals surface area contributed by atoms with E-state index in [9.17, 15) is 9.59 Å². The van der Waals surface area contributed by atoms with Crippen LogP contribution in [0.3, 0.4) is 0 Å². The van der Waals surface area contributed by atoms with Gasteiger partial charge in [-0.25, -0.2) is 9.59 Å². The zero-order chi connectivity index (χ0) is 23.7. The van der Waals surface area contributed by atoms with Crippen LogP contribution >= 0.6 is 0 Å². The molecule has 7 nitrogen and oxygen atoms in total. The first-order valence-electron chi connectivity index (χ1n) is 12.3. The van der Waals surface area contributed by atoms with E-state index in [0.717, 1.165) is 77.1 Å². The summed E-state index contributed by atoms with van der Waals surface area (Å²) in [5.41, 5.74) is 0.560. The van der Waals surface area contributed by atoms with Gasteiger partial charge in [-0.15, -0.1) is 0 Å². The number of hydrogen-bond acceptors (Lipinski definition) is 5. The van der Waals surface area contributed by atoms with Crippen LogP contribution in [0.15, 0.2) is 30.3 Å². The van der Waals surface area contributed by atoms with Crippen LogP contribution in [0.25, 0.3) is 0 Å². The zero-order valence-electron chi connectivity index (χ0n) is 20.5. The lowest BCUT2D eigenvalue weighted by Crippen LogP contribution is -2.41. The molecule has 0 aromatic heterocycles. The van der Waals surface area contributed by atoms with Gasteiger partial charge in [0.1, 0.15) is 12.2 Å². The first kappa shape index (κ1) is 25.3. The SMILES string of the molecule is CC(C)(C)OC(=O)N1CCC(CCOCC2CCN(C(=O)OCc3ccccc3)CC2)CC1. The Morgan fingerprint density at radius 2 is 1.45 bits per heavy atom. The standard InChI is InChI=1S/C26H40N2O5/c1-26(2,3)33-25(30)28-14-9-21(10-15-28)13-18-31-19-23-11-16-27(17-12-23)24(29)32-20-22-7-5-4-6-8-22/h4-8,21,23H,9-20H2,1-3H3. The Kier molecular flexibility index (Phi) is 9.41. The summed E-state index contributed by atoms with van der Waals surface area (Å²) in [6.45, 7) is 10.5. The van der Waals surface area contributed by atoms with Crippen LogP contribution in [-0.2, 0) is 20.8 Å². The quantitative estimate of drug-likeness (QED) is 0.530. The molecule has 0 aliphatic carbocycles. The van der Waals surface area contributed by atoms with Crippen LogP contribution < -0.4 is 0 Å². The van der Waals surface area contributed by atoms with E-state index in [-0.39, 0.29) is 12.2 Å². The summed E-state index contributed by atoms with van der Waals surface area (Å²) >= 11 is 0. The molecule has 0 saturated carbocycles. The molecule has 2 amide bonds. The minimum absolute atomic E-state index is 0.201. The number of ether oxygens (including phenoxy) is 3. The number of amides is 2. The average Bonchev–Trinajstić information content (AvgIpc) is 2.80. The Morgan fingerprint density at radius 1 is 0.879 bits per heavy atom. The molecule has 3 rings (SSSR count). The fourth-order valence-electron chi connectivity index (χ4n) is 4.32. The van der Waals surface area contributed by atoms with Crippen molar-refractivity contribution in [1.82, 2.24) is 9.80 Å². The van der Waals surface area contributed by atoms with Crippen LogP contribution in [0.1, 0.15) is 58.4 Å². The molecule has 33 heavy (non-hydrogen) atoms. The Hall–Kier alpha value is -2.28. The molecule has 2 aliphatic heterocycles. The minimum atomic E-state index is -0.444. The molecule has 2 aliphatic rings. The lowest BCUT2D eigenvalue weighted by molar-refractivity contribution is 0.0152. The highest BCUT2D eigenvalue weighted by Crippen LogP contribution is 2.23. The van der Waals surface area contributed by atoms with Crippen molar-refractivity contribution >= 4 is 12.2 Å². The third-order valence-corrected chi connectivity index (χ3v) is 6.37. The van der Waals surface area contributed by atoms with Crippen molar-refractivity contribution in [3.8, 4) is 0 Å². The molecule has 7 heteroatoms. The van der Waals surface area contributed by atoms with Gasteiger partial charge in [0.2, 0.25) is 0 Å². The van der Waals surface area contributed by atoms with Gasteiger partial charge in [-0.3, -0.25) is 0 Å². The first-order chi connectivity index (χ1) is 15.8. The molecule has 0 radical (unpaired) electrons. The molecule has 2 saturated heterocycles. The van der Waals surface area contributed by atoms with Gasteiger partial charge in [-0.1, -0.05) is 30.3 Å². The van der Waals surface area contributed by atoms with Crippen molar-refractivity contribution in [2.75, 3.05) is 39.4 Å². The Bertz CT molecular complexity index is 733. The van der Waals surface area contributed by atoms with E-state index in [1.54, 1.807) is 4.90 Å². The van der Waals surface area contributed by atoms with Crippen molar-refractivity contribution in [3.05, 3.63) is 35.9 Å². The second-order valence-electron chi connectivity index (χ2n) is 10.2. The lowest BCUT2D eigenvalue weighted by Gasteiger charge is -2.33. The molecule has 2 heterocycles. The van der Waals surface area contributed by atoms with Gasteiger partial charge < -0.3 is 24.0 Å². The summed E-state index contributed by atoms with van der Waals surface area (Å²) in [6, 6.07) is 9.76. The summed E-state index contributed by atoms with van der Waals surface area (Å²) in [5.74, 6) is 1.10. The molecule has 2 fully saturated rings. The number of carbonyl (C=O) groups excluding carboxylic acids is 2. The zero-order valence-corrected chi connectivity index (χ0v) is 20.5. The number of piperidine rings is 2. The fraction of sp³-hybridized carbons (Fsp3) is 0.692. The van der Waals surface area contributed by atoms with E-state index in [4.69, 9.17) is 14.2 Å². The van der Waals surface area contributed by atoms with Crippen LogP contribution in [-0.4, -0.2) is 67.0 Å². The topological polar surface area (TPSA) is 68.3 Å². The maximum absolute atomic E-state index is 12.3. The Morgan fingerprint density at radius 3 is 2.06 bits per heavy atom. The number of rotatable bonds is 7. The molecule has 0 N–H and O–H groups in total. The highest BCUT2D eigenvalue weighted by Gasteiger charge is 2.27. The Balaban J connectivity index is 1.23. The largest absolute Gasteiger partial charge is 0.445 e. The highest BCUT2D eigenvalue weighted by molar-refractivity contribution is 5.68. The van der Waals surface area contributed by atoms with E-state index in [0.29, 0.717) is 18.4 Å². The van der Waals surface area contributed by atoms with E-state index >= 15 is 0 Å². The van der Waals surface area contributed by atoms with E-state index < -0.39 is 5.60 Å². The lowest BCUT2D eigenvalue weighted by atomic mass is 9.94. The average molecular weight is 461 g/mol. The van der Waals surface area contributed by atoms with Crippen molar-refractivity contribution < 1.29 is 23.8 Å². The smallest absolute Gasteiger partial charge is 0.410 e. The molecule has 184 valence electrons. The van der Waals surface area contributed by atoms with Crippen LogP contribution in [0.5, 0.6) is 0 Å². The van der Waals surface area contributed by atoms with Crippen LogP contribution in [0.2, 0.25) is 0 Å². The second-order valence-corrected chi connectivity index (χ2v) is 10.2. The monoisotopic (exact) mass is 460 g/mol. The van der Waals surface area contributed by atoms with Crippen LogP contribution in [0, 0.1) is 11.8 Å². The second kappa shape index (κ2) is 12.3. The van der Waals surface area contributed by atoms with Gasteiger partial charge in [-0.2, -0.15) is 0 Å². The molecule has 1 aromatic rings. The maximum atomic E-state index is 12.3. The molecular formula is C26H40N2O5. The van der Waals surface area contributed by atoms with E-state index in [1.807, 2.05) is 56.0 Å². The minimum Gasteiger partial charge on any atom is -0.445 e. The first-order valence-corrected chi connectivity index (χ1v) is 12.3. The predicted octanol–water partition coefficient (Wildman–Crippen LogP) is 5.09. The number of likely N-dealkylation sites (tertiary alicyclic amines) is 2. The van der Waals surface area contributed by atoms with Gasteiger partial charge in [-0.05, 0) is 70.3 Å². The number of carbonyl (C=O) groups is 2. The fourth-order valence-corrected chi connectivity index (χ4v) is 4.32. The van der Waals surface area contributed by atoms with Gasteiger partial charge in [0.25, 0.3) is 0 Å². The summed E-state index contributed by atoms with van der Waals surface area (Å²) in [5, 5.41) is 0. The summed E-state index contributed by atoms with van der Waals surface area (Å²) in [6.07, 6.45) is 4.53. The van der Waals surface area contributed by atoms with E-state index in [1.165, 1.54) is 0 Å². The maximum Gasteiger partial charge on any atom is 0.410 e. The summed E-state index contributed by atoms with van der Waals surface area (Å²) in [7, 11) is 0. The molecule has 0 spiro atoms. The van der Waals surface area contributed by atoms with Gasteiger partial charge in [0.05, 0.1) is 0 Å². The molecular weight excluding hydrogens is 420 g/mol. The Labute approximate surface area is 198 Å². The van der Waals surface area contributed by atoms with Crippen LogP contribution in [0.4, 0.5) is 9.59 Å². The normalized spacial score (nSPS) is 18.3. The van der Waals surface area contributed by atoms with Gasteiger partial charge >= 0.3 is 12.2 Å². The number of nitrogens with zero attached hydrogens (tertiary/aromatic N) is 2.